The third-order valence-corrected chi connectivity index (χ3v) is 11.9. The van der Waals surface area contributed by atoms with Crippen LogP contribution in [0.25, 0.3) is 0 Å². The van der Waals surface area contributed by atoms with E-state index in [0.717, 1.165) is 0 Å². The number of ether oxygens (including phenoxy) is 11. The minimum Gasteiger partial charge on any atom is -0.459 e. The Hall–Kier alpha value is -8.32. The van der Waals surface area contributed by atoms with Gasteiger partial charge in [-0.05, 0) is 72.8 Å². The highest BCUT2D eigenvalue weighted by Gasteiger charge is 2.58. The summed E-state index contributed by atoms with van der Waals surface area (Å²) in [5.74, 6) is -5.06. The van der Waals surface area contributed by atoms with Crippen LogP contribution in [-0.2, 0) is 52.1 Å². The van der Waals surface area contributed by atoms with Gasteiger partial charge in [-0.1, -0.05) is 115 Å². The summed E-state index contributed by atoms with van der Waals surface area (Å²) in [4.78, 5) is 83.9. The summed E-state index contributed by atoms with van der Waals surface area (Å²) in [6, 6.07) is 48.0. The van der Waals surface area contributed by atoms with Crippen LogP contribution in [0.2, 0.25) is 0 Å². The first-order valence-corrected chi connectivity index (χ1v) is 23.8. The third-order valence-electron chi connectivity index (χ3n) is 11.9. The maximum atomic E-state index is 14.3. The molecule has 10 atom stereocenters. The lowest BCUT2D eigenvalue weighted by Gasteiger charge is -2.49. The Morgan fingerprint density at radius 1 is 0.400 bits per heavy atom. The van der Waals surface area contributed by atoms with Gasteiger partial charge in [0.25, 0.3) is 0 Å². The maximum Gasteiger partial charge on any atom is 0.338 e. The molecule has 2 aliphatic rings. The highest BCUT2D eigenvalue weighted by Crippen LogP contribution is 2.37. The first-order chi connectivity index (χ1) is 36.6. The zero-order chi connectivity index (χ0) is 52.5. The van der Waals surface area contributed by atoms with Crippen LogP contribution in [0.1, 0.15) is 62.1 Å². The predicted molar refractivity (Wildman–Crippen MR) is 265 cm³/mol. The SMILES string of the molecule is C=CCO[C@@H]1[C@H](OC(=O)c2ccccc2)[C@@H](O[C@@H]2[C@H](OC(=O)c3ccccc3)[C@@H](OC)O[C@H](COC(=O)c3ccccc3)[C@H]2OC(=O)c2ccccc2)O[C@H](COC(=O)c2ccccc2)[C@H]1OC(=O)c1ccccc1. The van der Waals surface area contributed by atoms with Crippen LogP contribution in [0.5, 0.6) is 0 Å². The van der Waals surface area contributed by atoms with Crippen LogP contribution in [0.15, 0.2) is 195 Å². The molecule has 0 amide bonds. The van der Waals surface area contributed by atoms with Crippen molar-refractivity contribution in [1.82, 2.24) is 0 Å². The number of carbonyl (C=O) groups excluding carboxylic acids is 6. The summed E-state index contributed by atoms with van der Waals surface area (Å²) in [7, 11) is 1.26. The van der Waals surface area contributed by atoms with Gasteiger partial charge in [0.2, 0.25) is 0 Å². The van der Waals surface area contributed by atoms with Gasteiger partial charge in [-0.15, -0.1) is 6.58 Å². The van der Waals surface area contributed by atoms with Gasteiger partial charge in [0.1, 0.15) is 37.6 Å². The van der Waals surface area contributed by atoms with Gasteiger partial charge >= 0.3 is 35.8 Å². The molecule has 6 aromatic carbocycles. The van der Waals surface area contributed by atoms with Crippen molar-refractivity contribution < 1.29 is 80.9 Å². The summed E-state index contributed by atoms with van der Waals surface area (Å²) < 4.78 is 68.8. The van der Waals surface area contributed by atoms with Crippen molar-refractivity contribution in [2.24, 2.45) is 0 Å². The molecule has 386 valence electrons. The van der Waals surface area contributed by atoms with E-state index in [9.17, 15) is 28.8 Å². The molecule has 0 radical (unpaired) electrons. The van der Waals surface area contributed by atoms with Crippen molar-refractivity contribution in [3.8, 4) is 0 Å². The molecule has 0 N–H and O–H groups in total. The van der Waals surface area contributed by atoms with E-state index in [-0.39, 0.29) is 40.0 Å². The second kappa shape index (κ2) is 26.1. The highest BCUT2D eigenvalue weighted by atomic mass is 16.8. The van der Waals surface area contributed by atoms with Gasteiger partial charge in [0, 0.05) is 7.11 Å². The lowest BCUT2D eigenvalue weighted by Crippen LogP contribution is -2.67. The summed E-state index contributed by atoms with van der Waals surface area (Å²) in [5.41, 5.74) is 0.800. The number of hydrogen-bond acceptors (Lipinski definition) is 17. The summed E-state index contributed by atoms with van der Waals surface area (Å²) in [6.45, 7) is 2.38. The largest absolute Gasteiger partial charge is 0.459 e. The first-order valence-electron chi connectivity index (χ1n) is 23.8. The van der Waals surface area contributed by atoms with Crippen molar-refractivity contribution in [2.45, 2.75) is 61.4 Å². The van der Waals surface area contributed by atoms with Gasteiger partial charge in [-0.2, -0.15) is 0 Å². The van der Waals surface area contributed by atoms with Crippen LogP contribution < -0.4 is 0 Å². The molecule has 0 aliphatic carbocycles. The van der Waals surface area contributed by atoms with Crippen LogP contribution in [0.4, 0.5) is 0 Å². The number of carbonyl (C=O) groups is 6. The van der Waals surface area contributed by atoms with Crippen LogP contribution in [-0.4, -0.2) is 124 Å². The third kappa shape index (κ3) is 13.7. The average Bonchev–Trinajstić information content (AvgIpc) is 3.46. The Labute approximate surface area is 431 Å². The minimum atomic E-state index is -1.87. The Morgan fingerprint density at radius 2 is 0.693 bits per heavy atom. The lowest BCUT2D eigenvalue weighted by molar-refractivity contribution is -0.357. The second-order valence-corrected chi connectivity index (χ2v) is 16.9. The second-order valence-electron chi connectivity index (χ2n) is 16.9. The molecule has 0 bridgehead atoms. The fourth-order valence-corrected chi connectivity index (χ4v) is 8.23. The van der Waals surface area contributed by atoms with Crippen molar-refractivity contribution in [2.75, 3.05) is 26.9 Å². The zero-order valence-corrected chi connectivity index (χ0v) is 40.4. The predicted octanol–water partition coefficient (Wildman–Crippen LogP) is 7.66. The zero-order valence-electron chi connectivity index (χ0n) is 40.4. The van der Waals surface area contributed by atoms with Crippen LogP contribution >= 0.6 is 0 Å². The number of hydrogen-bond donors (Lipinski definition) is 0. The number of esters is 6. The molecule has 0 unspecified atom stereocenters. The fraction of sp³-hybridized carbons (Fsp3) is 0.241. The van der Waals surface area contributed by atoms with Gasteiger partial charge in [0.05, 0.1) is 40.0 Å². The Kier molecular flexibility index (Phi) is 18.4. The van der Waals surface area contributed by atoms with E-state index in [2.05, 4.69) is 6.58 Å². The molecule has 2 aliphatic heterocycles. The minimum absolute atomic E-state index is 0.0885. The van der Waals surface area contributed by atoms with Gasteiger partial charge in [0.15, 0.2) is 37.0 Å². The summed E-state index contributed by atoms with van der Waals surface area (Å²) in [6.07, 6.45) is -14.8. The summed E-state index contributed by atoms with van der Waals surface area (Å²) >= 11 is 0. The topological polar surface area (TPSA) is 204 Å². The Morgan fingerprint density at radius 3 is 1.03 bits per heavy atom. The fourth-order valence-electron chi connectivity index (χ4n) is 8.23. The molecular formula is C58H52O17. The van der Waals surface area contributed by atoms with Crippen LogP contribution in [0.3, 0.4) is 0 Å². The van der Waals surface area contributed by atoms with Gasteiger partial charge in [-0.25, -0.2) is 28.8 Å². The van der Waals surface area contributed by atoms with E-state index in [4.69, 9.17) is 52.1 Å². The monoisotopic (exact) mass is 1020 g/mol. The molecule has 0 spiro atoms. The maximum absolute atomic E-state index is 14.3. The Bertz CT molecular complexity index is 2840. The smallest absolute Gasteiger partial charge is 0.338 e. The summed E-state index contributed by atoms with van der Waals surface area (Å²) in [5, 5.41) is 0. The standard InChI is InChI=1S/C58H52O17/c1-3-34-66-47-45(71-53(61)39-26-14-6-15-27-39)43(35-67-51(59)37-22-10-4-11-23-37)70-58(49(47)73-55(63)41-30-18-8-19-31-41)75-48-46(72-54(62)40-28-16-7-17-29-40)44(36-68-52(60)38-24-12-5-13-25-38)69-57(65-2)50(48)74-56(64)42-32-20-9-21-33-42/h3-33,43-50,57-58H,1,34-36H2,2H3/t43-,44-,45-,46-,47+,48+,49+,50+,57+,58-/m1/s1. The van der Waals surface area contributed by atoms with Gasteiger partial charge < -0.3 is 52.1 Å². The molecule has 75 heavy (non-hydrogen) atoms. The highest BCUT2D eigenvalue weighted by molar-refractivity contribution is 5.92. The molecule has 17 nitrogen and oxygen atoms in total. The number of rotatable bonds is 20. The van der Waals surface area contributed by atoms with E-state index >= 15 is 0 Å². The Balaban J connectivity index is 1.25. The van der Waals surface area contributed by atoms with Crippen molar-refractivity contribution in [1.29, 1.82) is 0 Å². The normalized spacial score (nSPS) is 23.1. The van der Waals surface area contributed by atoms with Crippen molar-refractivity contribution in [3.05, 3.63) is 228 Å². The first kappa shape index (κ1) is 53.0. The van der Waals surface area contributed by atoms with E-state index in [1.54, 1.807) is 121 Å². The van der Waals surface area contributed by atoms with E-state index in [1.165, 1.54) is 73.8 Å². The molecule has 2 fully saturated rings. The van der Waals surface area contributed by atoms with Crippen LogP contribution in [0, 0.1) is 0 Å². The average molecular weight is 1020 g/mol. The molecular weight excluding hydrogens is 969 g/mol. The molecule has 0 saturated carbocycles. The quantitative estimate of drug-likeness (QED) is 0.0409. The molecule has 2 saturated heterocycles. The van der Waals surface area contributed by atoms with E-state index < -0.39 is 110 Å². The molecule has 17 heteroatoms. The molecule has 6 aromatic rings. The van der Waals surface area contributed by atoms with E-state index in [1.807, 2.05) is 0 Å². The van der Waals surface area contributed by atoms with E-state index in [0.29, 0.717) is 0 Å². The molecule has 2 heterocycles. The molecule has 8 rings (SSSR count). The van der Waals surface area contributed by atoms with Gasteiger partial charge in [-0.3, -0.25) is 0 Å². The lowest BCUT2D eigenvalue weighted by atomic mass is 9.95. The number of benzene rings is 6. The molecule has 0 aromatic heterocycles. The van der Waals surface area contributed by atoms with Crippen molar-refractivity contribution in [3.63, 3.8) is 0 Å². The van der Waals surface area contributed by atoms with Crippen molar-refractivity contribution >= 4 is 35.8 Å². The number of methoxy groups -OCH3 is 1.